The van der Waals surface area contributed by atoms with E-state index >= 15 is 0 Å². The minimum absolute atomic E-state index is 0.213. The molecule has 0 aliphatic rings. The molecule has 0 aliphatic heterocycles. The first-order chi connectivity index (χ1) is 14.0. The molecule has 7 heteroatoms. The summed E-state index contributed by atoms with van der Waals surface area (Å²) in [6.45, 7) is 0.620. The number of unbranched alkanes of at least 4 members (excludes halogenated alkanes) is 1. The van der Waals surface area contributed by atoms with Gasteiger partial charge in [0.15, 0.2) is 0 Å². The fraction of sp³-hybridized carbons (Fsp3) is 0.318. The van der Waals surface area contributed by atoms with Crippen molar-refractivity contribution in [2.24, 2.45) is 5.73 Å². The summed E-state index contributed by atoms with van der Waals surface area (Å²) < 4.78 is 5.11. The van der Waals surface area contributed by atoms with Crippen molar-refractivity contribution in [1.29, 1.82) is 0 Å². The van der Waals surface area contributed by atoms with Gasteiger partial charge in [-0.25, -0.2) is 4.79 Å². The second-order valence-corrected chi connectivity index (χ2v) is 6.66. The average Bonchev–Trinajstić information content (AvgIpc) is 2.73. The van der Waals surface area contributed by atoms with Crippen LogP contribution in [0.2, 0.25) is 0 Å². The number of carbonyl (C=O) groups is 3. The molecular formula is C22H27N3O4. The Bertz CT molecular complexity index is 781. The molecule has 154 valence electrons. The number of hydrogen-bond donors (Lipinski definition) is 3. The number of alkyl carbamates (subject to hydrolysis) is 1. The van der Waals surface area contributed by atoms with Gasteiger partial charge in [-0.2, -0.15) is 0 Å². The predicted molar refractivity (Wildman–Crippen MR) is 110 cm³/mol. The summed E-state index contributed by atoms with van der Waals surface area (Å²) in [6, 6.07) is 18.0. The van der Waals surface area contributed by atoms with E-state index in [1.165, 1.54) is 0 Å². The molecule has 2 aromatic carbocycles. The van der Waals surface area contributed by atoms with Gasteiger partial charge in [0.25, 0.3) is 0 Å². The monoisotopic (exact) mass is 397 g/mol. The highest BCUT2D eigenvalue weighted by Crippen LogP contribution is 2.04. The third-order valence-corrected chi connectivity index (χ3v) is 4.27. The molecular weight excluding hydrogens is 370 g/mol. The van der Waals surface area contributed by atoms with Crippen LogP contribution in [0.4, 0.5) is 4.79 Å². The van der Waals surface area contributed by atoms with Gasteiger partial charge < -0.3 is 21.1 Å². The molecule has 0 bridgehead atoms. The Morgan fingerprint density at radius 2 is 1.52 bits per heavy atom. The van der Waals surface area contributed by atoms with Crippen molar-refractivity contribution >= 4 is 17.9 Å². The van der Waals surface area contributed by atoms with Crippen LogP contribution in [0.1, 0.15) is 30.4 Å². The van der Waals surface area contributed by atoms with Gasteiger partial charge in [0.2, 0.25) is 11.8 Å². The highest BCUT2D eigenvalue weighted by molar-refractivity contribution is 5.86. The largest absolute Gasteiger partial charge is 0.445 e. The summed E-state index contributed by atoms with van der Waals surface area (Å²) in [5.41, 5.74) is 7.24. The van der Waals surface area contributed by atoms with E-state index in [2.05, 4.69) is 10.6 Å². The van der Waals surface area contributed by atoms with Gasteiger partial charge in [-0.15, -0.1) is 0 Å². The van der Waals surface area contributed by atoms with E-state index in [1.807, 2.05) is 60.7 Å². The fourth-order valence-electron chi connectivity index (χ4n) is 2.71. The van der Waals surface area contributed by atoms with Crippen molar-refractivity contribution in [2.45, 2.75) is 38.3 Å². The number of nitrogens with two attached hydrogens (primary N) is 1. The molecule has 1 atom stereocenters. The first kappa shape index (κ1) is 21.9. The van der Waals surface area contributed by atoms with Crippen molar-refractivity contribution in [3.8, 4) is 0 Å². The van der Waals surface area contributed by atoms with Gasteiger partial charge >= 0.3 is 6.09 Å². The zero-order chi connectivity index (χ0) is 20.9. The van der Waals surface area contributed by atoms with Crippen LogP contribution >= 0.6 is 0 Å². The summed E-state index contributed by atoms with van der Waals surface area (Å²) in [7, 11) is 0. The number of carbonyl (C=O) groups excluding carboxylic acids is 3. The van der Waals surface area contributed by atoms with Crippen LogP contribution in [0.25, 0.3) is 0 Å². The van der Waals surface area contributed by atoms with E-state index in [-0.39, 0.29) is 18.9 Å². The number of primary amides is 1. The van der Waals surface area contributed by atoms with Crippen molar-refractivity contribution in [1.82, 2.24) is 10.6 Å². The molecule has 0 saturated carbocycles. The summed E-state index contributed by atoms with van der Waals surface area (Å²) in [6.07, 6.45) is 1.31. The number of amides is 3. The quantitative estimate of drug-likeness (QED) is 0.505. The van der Waals surface area contributed by atoms with E-state index in [1.54, 1.807) is 0 Å². The van der Waals surface area contributed by atoms with Gasteiger partial charge in [-0.05, 0) is 24.0 Å². The second kappa shape index (κ2) is 12.2. The molecule has 0 aliphatic carbocycles. The molecule has 0 aromatic heterocycles. The summed E-state index contributed by atoms with van der Waals surface area (Å²) in [5.74, 6) is -0.804. The van der Waals surface area contributed by atoms with E-state index in [0.29, 0.717) is 25.8 Å². The first-order valence-electron chi connectivity index (χ1n) is 9.62. The predicted octanol–water partition coefficient (Wildman–Crippen LogP) is 2.30. The van der Waals surface area contributed by atoms with E-state index < -0.39 is 18.0 Å². The zero-order valence-electron chi connectivity index (χ0n) is 16.3. The molecule has 0 unspecified atom stereocenters. The van der Waals surface area contributed by atoms with Gasteiger partial charge in [0, 0.05) is 19.4 Å². The Labute approximate surface area is 170 Å². The molecule has 3 amide bonds. The lowest BCUT2D eigenvalue weighted by Gasteiger charge is -2.15. The zero-order valence-corrected chi connectivity index (χ0v) is 16.3. The summed E-state index contributed by atoms with van der Waals surface area (Å²) in [5, 5.41) is 5.33. The van der Waals surface area contributed by atoms with Crippen LogP contribution < -0.4 is 16.4 Å². The van der Waals surface area contributed by atoms with Crippen LogP contribution in [-0.4, -0.2) is 30.5 Å². The number of benzene rings is 2. The summed E-state index contributed by atoms with van der Waals surface area (Å²) in [4.78, 5) is 35.3. The number of hydrogen-bond acceptors (Lipinski definition) is 4. The van der Waals surface area contributed by atoms with E-state index in [0.717, 1.165) is 11.1 Å². The minimum Gasteiger partial charge on any atom is -0.445 e. The van der Waals surface area contributed by atoms with Crippen LogP contribution in [0.15, 0.2) is 60.7 Å². The van der Waals surface area contributed by atoms with Crippen LogP contribution in [-0.2, 0) is 27.4 Å². The van der Waals surface area contributed by atoms with Gasteiger partial charge in [-0.3, -0.25) is 9.59 Å². The lowest BCUT2D eigenvalue weighted by molar-refractivity contribution is -0.127. The average molecular weight is 397 g/mol. The van der Waals surface area contributed by atoms with Gasteiger partial charge in [-0.1, -0.05) is 60.7 Å². The number of ether oxygens (including phenoxy) is 1. The Hall–Kier alpha value is -3.35. The standard InChI is InChI=1S/C22H27N3O4/c23-21(27)19(15-17-9-3-1-4-10-17)25-20(26)13-7-8-14-24-22(28)29-16-18-11-5-2-6-12-18/h1-6,9-12,19H,7-8,13-16H2,(H2,23,27)(H,24,28)(H,25,26)/t19-/m0/s1. The van der Waals surface area contributed by atoms with Crippen LogP contribution in [0.5, 0.6) is 0 Å². The topological polar surface area (TPSA) is 111 Å². The molecule has 0 radical (unpaired) electrons. The smallest absolute Gasteiger partial charge is 0.407 e. The van der Waals surface area contributed by atoms with Gasteiger partial charge in [0.05, 0.1) is 0 Å². The maximum Gasteiger partial charge on any atom is 0.407 e. The lowest BCUT2D eigenvalue weighted by atomic mass is 10.1. The Balaban J connectivity index is 1.59. The normalized spacial score (nSPS) is 11.3. The maximum absolute atomic E-state index is 12.1. The lowest BCUT2D eigenvalue weighted by Crippen LogP contribution is -2.45. The number of rotatable bonds is 11. The number of nitrogens with one attached hydrogen (secondary N) is 2. The van der Waals surface area contributed by atoms with Gasteiger partial charge in [0.1, 0.15) is 12.6 Å². The Morgan fingerprint density at radius 1 is 0.897 bits per heavy atom. The van der Waals surface area contributed by atoms with Crippen molar-refractivity contribution in [3.05, 3.63) is 71.8 Å². The molecule has 0 heterocycles. The second-order valence-electron chi connectivity index (χ2n) is 6.66. The molecule has 0 spiro atoms. The highest BCUT2D eigenvalue weighted by Gasteiger charge is 2.18. The third-order valence-electron chi connectivity index (χ3n) is 4.27. The maximum atomic E-state index is 12.1. The Morgan fingerprint density at radius 3 is 2.14 bits per heavy atom. The molecule has 7 nitrogen and oxygen atoms in total. The van der Waals surface area contributed by atoms with Crippen LogP contribution in [0.3, 0.4) is 0 Å². The molecule has 2 rings (SSSR count). The molecule has 0 saturated heterocycles. The third kappa shape index (κ3) is 8.92. The van der Waals surface area contributed by atoms with Crippen molar-refractivity contribution in [3.63, 3.8) is 0 Å². The molecule has 4 N–H and O–H groups in total. The summed E-state index contributed by atoms with van der Waals surface area (Å²) >= 11 is 0. The Kier molecular flexibility index (Phi) is 9.21. The van der Waals surface area contributed by atoms with E-state index in [9.17, 15) is 14.4 Å². The van der Waals surface area contributed by atoms with Crippen molar-refractivity contribution < 1.29 is 19.1 Å². The van der Waals surface area contributed by atoms with Crippen LogP contribution in [0, 0.1) is 0 Å². The fourth-order valence-corrected chi connectivity index (χ4v) is 2.71. The van der Waals surface area contributed by atoms with E-state index in [4.69, 9.17) is 10.5 Å². The minimum atomic E-state index is -0.740. The highest BCUT2D eigenvalue weighted by atomic mass is 16.5. The molecule has 0 fully saturated rings. The molecule has 29 heavy (non-hydrogen) atoms. The van der Waals surface area contributed by atoms with Crippen molar-refractivity contribution in [2.75, 3.05) is 6.54 Å². The first-order valence-corrected chi connectivity index (χ1v) is 9.62. The molecule has 2 aromatic rings. The SMILES string of the molecule is NC(=O)[C@H](Cc1ccccc1)NC(=O)CCCCNC(=O)OCc1ccccc1.